The van der Waals surface area contributed by atoms with Crippen molar-refractivity contribution in [2.45, 2.75) is 51.9 Å². The maximum Gasteiger partial charge on any atom is 0.407 e. The second kappa shape index (κ2) is 7.46. The van der Waals surface area contributed by atoms with Crippen LogP contribution in [-0.2, 0) is 9.47 Å². The molecule has 16 heavy (non-hydrogen) atoms. The second-order valence-corrected chi connectivity index (χ2v) is 4.61. The van der Waals surface area contributed by atoms with Crippen LogP contribution in [0.4, 0.5) is 4.79 Å². The molecule has 0 spiro atoms. The molecule has 0 aromatic heterocycles. The van der Waals surface area contributed by atoms with E-state index >= 15 is 0 Å². The van der Waals surface area contributed by atoms with Gasteiger partial charge in [-0.05, 0) is 40.0 Å². The van der Waals surface area contributed by atoms with Crippen LogP contribution in [0.5, 0.6) is 0 Å². The van der Waals surface area contributed by atoms with Gasteiger partial charge in [0.05, 0.1) is 0 Å². The van der Waals surface area contributed by atoms with Crippen LogP contribution >= 0.6 is 0 Å². The number of hydrogen-bond donors (Lipinski definition) is 2. The molecule has 0 aromatic carbocycles. The van der Waals surface area contributed by atoms with Crippen molar-refractivity contribution >= 4 is 6.09 Å². The van der Waals surface area contributed by atoms with Gasteiger partial charge in [0, 0.05) is 13.7 Å². The average molecular weight is 233 g/mol. The highest BCUT2D eigenvalue weighted by atomic mass is 16.6. The van der Waals surface area contributed by atoms with Crippen LogP contribution in [0.25, 0.3) is 0 Å². The number of ether oxygens (including phenoxy) is 2. The molecule has 1 atom stereocenters. The molecule has 0 saturated carbocycles. The molecule has 0 saturated heterocycles. The summed E-state index contributed by atoms with van der Waals surface area (Å²) in [6.45, 7) is 6.01. The van der Waals surface area contributed by atoms with Crippen LogP contribution in [0.1, 0.15) is 40.0 Å². The van der Waals surface area contributed by atoms with Crippen molar-refractivity contribution in [3.8, 4) is 0 Å². The quantitative estimate of drug-likeness (QED) is 0.540. The van der Waals surface area contributed by atoms with E-state index in [0.717, 1.165) is 12.8 Å². The van der Waals surface area contributed by atoms with Gasteiger partial charge in [0.15, 0.2) is 6.29 Å². The largest absolute Gasteiger partial charge is 0.444 e. The van der Waals surface area contributed by atoms with Crippen molar-refractivity contribution in [3.63, 3.8) is 0 Å². The summed E-state index contributed by atoms with van der Waals surface area (Å²) in [7, 11) is 1.46. The number of methoxy groups -OCH3 is 1. The topological polar surface area (TPSA) is 67.8 Å². The van der Waals surface area contributed by atoms with E-state index in [4.69, 9.17) is 9.84 Å². The Morgan fingerprint density at radius 1 is 1.38 bits per heavy atom. The zero-order valence-electron chi connectivity index (χ0n) is 10.6. The average Bonchev–Trinajstić information content (AvgIpc) is 2.14. The molecule has 0 fully saturated rings. The molecule has 0 radical (unpaired) electrons. The van der Waals surface area contributed by atoms with Crippen molar-refractivity contribution in [2.75, 3.05) is 13.7 Å². The van der Waals surface area contributed by atoms with E-state index in [1.165, 1.54) is 7.11 Å². The molecule has 0 aliphatic heterocycles. The molecule has 0 aromatic rings. The van der Waals surface area contributed by atoms with Gasteiger partial charge >= 0.3 is 6.09 Å². The maximum atomic E-state index is 11.2. The lowest BCUT2D eigenvalue weighted by atomic mass is 10.2. The summed E-state index contributed by atoms with van der Waals surface area (Å²) in [6, 6.07) is 0. The molecule has 0 aliphatic rings. The number of nitrogens with one attached hydrogen (secondary N) is 1. The first-order valence-electron chi connectivity index (χ1n) is 5.53. The van der Waals surface area contributed by atoms with E-state index in [0.29, 0.717) is 13.0 Å². The third kappa shape index (κ3) is 9.73. The van der Waals surface area contributed by atoms with Gasteiger partial charge in [0.2, 0.25) is 0 Å². The number of carbonyl (C=O) groups excluding carboxylic acids is 1. The lowest BCUT2D eigenvalue weighted by Gasteiger charge is -2.19. The molecule has 5 nitrogen and oxygen atoms in total. The lowest BCUT2D eigenvalue weighted by molar-refractivity contribution is -0.0792. The van der Waals surface area contributed by atoms with Crippen molar-refractivity contribution < 1.29 is 19.4 Å². The Hall–Kier alpha value is -0.810. The van der Waals surface area contributed by atoms with Crippen LogP contribution in [0.3, 0.4) is 0 Å². The first-order chi connectivity index (χ1) is 7.35. The number of carbonyl (C=O) groups is 1. The summed E-state index contributed by atoms with van der Waals surface area (Å²) < 4.78 is 9.75. The number of alkyl carbamates (subject to hydrolysis) is 1. The third-order valence-corrected chi connectivity index (χ3v) is 1.82. The minimum atomic E-state index is -0.707. The number of amides is 1. The standard InChI is InChI=1S/C11H23NO4/c1-11(2,3)16-10(14)12-8-6-5-7-9(13)15-4/h9,13H,5-8H2,1-4H3,(H,12,14). The minimum absolute atomic E-state index is 0.403. The molecule has 5 heteroatoms. The van der Waals surface area contributed by atoms with Crippen molar-refractivity contribution in [3.05, 3.63) is 0 Å². The lowest BCUT2D eigenvalue weighted by Crippen LogP contribution is -2.33. The van der Waals surface area contributed by atoms with E-state index in [9.17, 15) is 4.79 Å². The van der Waals surface area contributed by atoms with E-state index in [1.54, 1.807) is 0 Å². The van der Waals surface area contributed by atoms with Gasteiger partial charge in [-0.1, -0.05) is 0 Å². The SMILES string of the molecule is COC(O)CCCCNC(=O)OC(C)(C)C. The molecule has 0 heterocycles. The van der Waals surface area contributed by atoms with Gasteiger partial charge in [-0.25, -0.2) is 4.79 Å². The molecule has 1 unspecified atom stereocenters. The summed E-state index contributed by atoms with van der Waals surface area (Å²) in [6.07, 6.45) is 1.05. The number of aliphatic hydroxyl groups excluding tert-OH is 1. The molecule has 2 N–H and O–H groups in total. The van der Waals surface area contributed by atoms with E-state index in [-0.39, 0.29) is 0 Å². The van der Waals surface area contributed by atoms with Gasteiger partial charge in [0.25, 0.3) is 0 Å². The maximum absolute atomic E-state index is 11.2. The molecule has 96 valence electrons. The van der Waals surface area contributed by atoms with Crippen LogP contribution in [-0.4, -0.2) is 36.7 Å². The number of rotatable bonds is 6. The van der Waals surface area contributed by atoms with E-state index < -0.39 is 18.0 Å². The van der Waals surface area contributed by atoms with Gasteiger partial charge in [-0.2, -0.15) is 0 Å². The van der Waals surface area contributed by atoms with E-state index in [1.807, 2.05) is 20.8 Å². The predicted molar refractivity (Wildman–Crippen MR) is 61.1 cm³/mol. The Balaban J connectivity index is 3.42. The van der Waals surface area contributed by atoms with Crippen molar-refractivity contribution in [1.82, 2.24) is 5.32 Å². The Morgan fingerprint density at radius 2 is 2.00 bits per heavy atom. The Labute approximate surface area is 97.1 Å². The van der Waals surface area contributed by atoms with Gasteiger partial charge in [0.1, 0.15) is 5.60 Å². The molecule has 0 bridgehead atoms. The monoisotopic (exact) mass is 233 g/mol. The molecule has 1 amide bonds. The normalized spacial score (nSPS) is 13.3. The highest BCUT2D eigenvalue weighted by Gasteiger charge is 2.15. The van der Waals surface area contributed by atoms with E-state index in [2.05, 4.69) is 10.1 Å². The Morgan fingerprint density at radius 3 is 2.50 bits per heavy atom. The Bertz CT molecular complexity index is 201. The third-order valence-electron chi connectivity index (χ3n) is 1.82. The summed E-state index contributed by atoms with van der Waals surface area (Å²) in [4.78, 5) is 11.2. The summed E-state index contributed by atoms with van der Waals surface area (Å²) in [5.74, 6) is 0. The van der Waals surface area contributed by atoms with Crippen LogP contribution in [0.2, 0.25) is 0 Å². The molecule has 0 rings (SSSR count). The first-order valence-corrected chi connectivity index (χ1v) is 5.53. The smallest absolute Gasteiger partial charge is 0.407 e. The fourth-order valence-electron chi connectivity index (χ4n) is 1.07. The van der Waals surface area contributed by atoms with Gasteiger partial charge in [-0.15, -0.1) is 0 Å². The first kappa shape index (κ1) is 15.2. The predicted octanol–water partition coefficient (Wildman–Crippen LogP) is 1.65. The molecule has 0 aliphatic carbocycles. The van der Waals surface area contributed by atoms with Crippen LogP contribution in [0, 0.1) is 0 Å². The summed E-state index contributed by atoms with van der Waals surface area (Å²) >= 11 is 0. The van der Waals surface area contributed by atoms with Crippen LogP contribution in [0.15, 0.2) is 0 Å². The fraction of sp³-hybridized carbons (Fsp3) is 0.909. The van der Waals surface area contributed by atoms with Gasteiger partial charge in [-0.3, -0.25) is 0 Å². The summed E-state index contributed by atoms with van der Waals surface area (Å²) in [5, 5.41) is 11.7. The zero-order chi connectivity index (χ0) is 12.6. The fourth-order valence-corrected chi connectivity index (χ4v) is 1.07. The molecular formula is C11H23NO4. The zero-order valence-corrected chi connectivity index (χ0v) is 10.6. The highest BCUT2D eigenvalue weighted by Crippen LogP contribution is 2.06. The highest BCUT2D eigenvalue weighted by molar-refractivity contribution is 5.67. The number of hydrogen-bond acceptors (Lipinski definition) is 4. The number of unbranched alkanes of at least 4 members (excludes halogenated alkanes) is 1. The molecular weight excluding hydrogens is 210 g/mol. The second-order valence-electron chi connectivity index (χ2n) is 4.61. The summed E-state index contributed by atoms with van der Waals surface area (Å²) in [5.41, 5.74) is -0.462. The van der Waals surface area contributed by atoms with Gasteiger partial charge < -0.3 is 19.9 Å². The Kier molecular flexibility index (Phi) is 7.08. The van der Waals surface area contributed by atoms with Crippen LogP contribution < -0.4 is 5.32 Å². The number of aliphatic hydroxyl groups is 1. The van der Waals surface area contributed by atoms with Crippen molar-refractivity contribution in [1.29, 1.82) is 0 Å². The minimum Gasteiger partial charge on any atom is -0.444 e. The van der Waals surface area contributed by atoms with Crippen molar-refractivity contribution in [2.24, 2.45) is 0 Å².